The van der Waals surface area contributed by atoms with Gasteiger partial charge >= 0.3 is 11.4 Å². The van der Waals surface area contributed by atoms with E-state index in [2.05, 4.69) is 104 Å². The van der Waals surface area contributed by atoms with Gasteiger partial charge in [0.05, 0.1) is 47.6 Å². The van der Waals surface area contributed by atoms with Crippen LogP contribution in [0.2, 0.25) is 0 Å². The second-order valence-electron chi connectivity index (χ2n) is 23.8. The minimum atomic E-state index is -0.404. The van der Waals surface area contributed by atoms with E-state index in [0.717, 1.165) is 147 Å². The van der Waals surface area contributed by atoms with Crippen LogP contribution in [0.5, 0.6) is 0 Å². The molecule has 2 saturated carbocycles. The molecular formula is C62H84N16O6. The molecule has 8 heterocycles. The molecule has 84 heavy (non-hydrogen) atoms. The molecule has 6 aromatic heterocycles. The number of hydrogen-bond donors (Lipinski definition) is 8. The SMILES string of the molecule is Cc1cnc(CC2CCC(N[C@@H](C)COCc3n[nH]c(=O)[nH]3)CC2)cc1-c1cccc(NCC2(C#N)CCOCC2)n1.Cc1cnc(CC2CCC(N[C@H](C)COCc3n[nH]c(=O)[nH]3)CC2)cc1-c1cccc(NCC2(C#N)CCOCC2)n1. The zero-order chi connectivity index (χ0) is 58.7. The second kappa shape index (κ2) is 30.1. The first kappa shape index (κ1) is 61.4. The minimum absolute atomic E-state index is 0.221. The molecule has 0 radical (unpaired) electrons. The Kier molecular flexibility index (Phi) is 22.0. The Labute approximate surface area is 491 Å². The van der Waals surface area contributed by atoms with Crippen molar-refractivity contribution < 1.29 is 18.9 Å². The lowest BCUT2D eigenvalue weighted by Gasteiger charge is -2.31. The molecule has 2 saturated heterocycles. The number of H-pyrrole nitrogens is 4. The van der Waals surface area contributed by atoms with Gasteiger partial charge in [-0.2, -0.15) is 20.7 Å². The van der Waals surface area contributed by atoms with Crippen molar-refractivity contribution in [2.45, 2.75) is 155 Å². The lowest BCUT2D eigenvalue weighted by molar-refractivity contribution is 0.0454. The third-order valence-corrected chi connectivity index (χ3v) is 17.0. The van der Waals surface area contributed by atoms with E-state index in [1.54, 1.807) is 0 Å². The van der Waals surface area contributed by atoms with Gasteiger partial charge in [0.1, 0.15) is 24.8 Å². The fourth-order valence-corrected chi connectivity index (χ4v) is 11.9. The summed E-state index contributed by atoms with van der Waals surface area (Å²) in [5.74, 6) is 3.81. The van der Waals surface area contributed by atoms with Crippen LogP contribution in [-0.4, -0.2) is 127 Å². The number of hydrogen-bond acceptors (Lipinski definition) is 18. The molecule has 22 heteroatoms. The molecule has 0 unspecified atom stereocenters. The largest absolute Gasteiger partial charge is 0.381 e. The lowest BCUT2D eigenvalue weighted by atomic mass is 9.82. The third kappa shape index (κ3) is 17.9. The third-order valence-electron chi connectivity index (χ3n) is 17.0. The molecule has 10 rings (SSSR count). The average Bonchev–Trinajstić information content (AvgIpc) is 4.30. The Bertz CT molecular complexity index is 3010. The molecule has 2 atom stereocenters. The summed E-state index contributed by atoms with van der Waals surface area (Å²) >= 11 is 0. The van der Waals surface area contributed by atoms with Gasteiger partial charge in [-0.05, 0) is 177 Å². The van der Waals surface area contributed by atoms with Gasteiger partial charge in [0.15, 0.2) is 11.6 Å². The first-order chi connectivity index (χ1) is 40.8. The molecule has 0 bridgehead atoms. The number of ether oxygens (including phenoxy) is 4. The Morgan fingerprint density at radius 3 is 1.39 bits per heavy atom. The molecule has 2 aliphatic heterocycles. The van der Waals surface area contributed by atoms with Crippen LogP contribution in [0.15, 0.2) is 70.5 Å². The number of rotatable bonds is 24. The van der Waals surface area contributed by atoms with Crippen molar-refractivity contribution in [2.24, 2.45) is 22.7 Å². The molecule has 0 amide bonds. The van der Waals surface area contributed by atoms with Crippen LogP contribution in [0, 0.1) is 59.2 Å². The van der Waals surface area contributed by atoms with Gasteiger partial charge in [0.25, 0.3) is 0 Å². The zero-order valence-corrected chi connectivity index (χ0v) is 49.2. The first-order valence-corrected chi connectivity index (χ1v) is 30.1. The molecule has 8 N–H and O–H groups in total. The van der Waals surface area contributed by atoms with Gasteiger partial charge in [-0.3, -0.25) is 19.9 Å². The van der Waals surface area contributed by atoms with E-state index >= 15 is 0 Å². The minimum Gasteiger partial charge on any atom is -0.381 e. The fraction of sp³-hybridized carbons (Fsp3) is 0.581. The summed E-state index contributed by atoms with van der Waals surface area (Å²) in [7, 11) is 0. The summed E-state index contributed by atoms with van der Waals surface area (Å²) in [5, 5.41) is 46.2. The predicted molar refractivity (Wildman–Crippen MR) is 319 cm³/mol. The second-order valence-corrected chi connectivity index (χ2v) is 23.8. The highest BCUT2D eigenvalue weighted by Gasteiger charge is 2.34. The Hall–Kier alpha value is -7.18. The maximum Gasteiger partial charge on any atom is 0.340 e. The first-order valence-electron chi connectivity index (χ1n) is 30.1. The van der Waals surface area contributed by atoms with Crippen LogP contribution < -0.4 is 32.6 Å². The molecule has 448 valence electrons. The van der Waals surface area contributed by atoms with E-state index < -0.39 is 10.8 Å². The number of nitriles is 2. The van der Waals surface area contributed by atoms with Crippen molar-refractivity contribution in [1.82, 2.24) is 60.9 Å². The van der Waals surface area contributed by atoms with Gasteiger partial charge in [-0.25, -0.2) is 29.8 Å². The van der Waals surface area contributed by atoms with Crippen molar-refractivity contribution in [3.63, 3.8) is 0 Å². The average molecular weight is 1150 g/mol. The summed E-state index contributed by atoms with van der Waals surface area (Å²) in [6, 6.07) is 22.9. The standard InChI is InChI=1S/2C31H42N8O3/c2*1-21-16-33-25(14-23-6-8-24(9-7-23)35-22(2)17-42-18-29-37-30(40)39-38-29)15-26(21)27-4-3-5-28(36-27)34-20-31(19-32)10-12-41-13-11-31/h2*3-5,15-16,22-24,35H,6-14,17-18,20H2,1-2H3,(H,34,36)(H2,37,38,39,40)/t2*22-,23?,24?/m10/s1. The topological polar surface area (TPSA) is 307 Å². The molecule has 4 fully saturated rings. The van der Waals surface area contributed by atoms with E-state index in [4.69, 9.17) is 38.9 Å². The molecule has 2 aliphatic carbocycles. The summed E-state index contributed by atoms with van der Waals surface area (Å²) in [5.41, 5.74) is 7.02. The number of nitrogens with one attached hydrogen (secondary N) is 8. The molecule has 4 aliphatic rings. The summed E-state index contributed by atoms with van der Waals surface area (Å²) in [4.78, 5) is 46.8. The number of aromatic nitrogens is 10. The van der Waals surface area contributed by atoms with Crippen molar-refractivity contribution in [3.05, 3.63) is 116 Å². The Morgan fingerprint density at radius 1 is 0.619 bits per heavy atom. The smallest absolute Gasteiger partial charge is 0.340 e. The van der Waals surface area contributed by atoms with Crippen molar-refractivity contribution in [1.29, 1.82) is 10.5 Å². The summed E-state index contributed by atoms with van der Waals surface area (Å²) in [6.07, 6.45) is 18.0. The van der Waals surface area contributed by atoms with Gasteiger partial charge in [0.2, 0.25) is 0 Å². The molecule has 22 nitrogen and oxygen atoms in total. The highest BCUT2D eigenvalue weighted by Crippen LogP contribution is 2.34. The molecule has 0 aromatic carbocycles. The molecule has 0 spiro atoms. The van der Waals surface area contributed by atoms with Crippen LogP contribution in [0.3, 0.4) is 0 Å². The molecular weight excluding hydrogens is 1060 g/mol. The van der Waals surface area contributed by atoms with E-state index in [1.807, 2.05) is 48.8 Å². The quantitative estimate of drug-likeness (QED) is 0.0287. The van der Waals surface area contributed by atoms with Crippen LogP contribution in [0.1, 0.15) is 125 Å². The van der Waals surface area contributed by atoms with Crippen molar-refractivity contribution in [3.8, 4) is 34.7 Å². The van der Waals surface area contributed by atoms with Crippen LogP contribution >= 0.6 is 0 Å². The van der Waals surface area contributed by atoms with E-state index in [9.17, 15) is 20.1 Å². The fourth-order valence-electron chi connectivity index (χ4n) is 11.9. The van der Waals surface area contributed by atoms with E-state index in [0.29, 0.717) is 88.3 Å². The number of aromatic amines is 4. The Morgan fingerprint density at radius 2 is 1.02 bits per heavy atom. The normalized spacial score (nSPS) is 21.0. The predicted octanol–water partition coefficient (Wildman–Crippen LogP) is 7.78. The monoisotopic (exact) mass is 1150 g/mol. The maximum absolute atomic E-state index is 11.1. The van der Waals surface area contributed by atoms with E-state index in [1.165, 1.54) is 0 Å². The van der Waals surface area contributed by atoms with Gasteiger partial charge in [-0.1, -0.05) is 12.1 Å². The summed E-state index contributed by atoms with van der Waals surface area (Å²) in [6.45, 7) is 13.8. The van der Waals surface area contributed by atoms with Crippen LogP contribution in [-0.2, 0) is 45.0 Å². The van der Waals surface area contributed by atoms with Gasteiger partial charge in [0, 0.05) is 98.6 Å². The highest BCUT2D eigenvalue weighted by molar-refractivity contribution is 5.66. The lowest BCUT2D eigenvalue weighted by Crippen LogP contribution is -2.41. The van der Waals surface area contributed by atoms with E-state index in [-0.39, 0.29) is 36.7 Å². The van der Waals surface area contributed by atoms with Crippen LogP contribution in [0.25, 0.3) is 22.5 Å². The van der Waals surface area contributed by atoms with Crippen LogP contribution in [0.4, 0.5) is 11.6 Å². The zero-order valence-electron chi connectivity index (χ0n) is 49.2. The number of nitrogens with zero attached hydrogens (tertiary/aromatic N) is 8. The Balaban J connectivity index is 0.000000202. The number of anilines is 2. The highest BCUT2D eigenvalue weighted by atomic mass is 16.5. The van der Waals surface area contributed by atoms with Crippen molar-refractivity contribution >= 4 is 11.6 Å². The number of pyridine rings is 4. The molecule has 6 aromatic rings. The summed E-state index contributed by atoms with van der Waals surface area (Å²) < 4.78 is 22.3. The van der Waals surface area contributed by atoms with Crippen molar-refractivity contribution in [2.75, 3.05) is 63.4 Å². The number of aryl methyl sites for hydroxylation is 2. The van der Waals surface area contributed by atoms with Gasteiger partial charge < -0.3 is 40.2 Å². The van der Waals surface area contributed by atoms with Gasteiger partial charge in [-0.15, -0.1) is 0 Å². The maximum atomic E-state index is 11.1.